The molecule has 0 spiro atoms. The summed E-state index contributed by atoms with van der Waals surface area (Å²) < 4.78 is 0. The second-order valence-electron chi connectivity index (χ2n) is 5.45. The Morgan fingerprint density at radius 1 is 1.33 bits per heavy atom. The molecule has 0 aromatic heterocycles. The third kappa shape index (κ3) is 3.12. The predicted octanol–water partition coefficient (Wildman–Crippen LogP) is 3.58. The van der Waals surface area contributed by atoms with Crippen LogP contribution in [0.5, 0.6) is 0 Å². The molecule has 18 heavy (non-hydrogen) atoms. The molecule has 1 aromatic carbocycles. The summed E-state index contributed by atoms with van der Waals surface area (Å²) in [6.07, 6.45) is 4.22. The molecule has 1 amide bonds. The smallest absolute Gasteiger partial charge is 0.223 e. The first-order valence-electron chi connectivity index (χ1n) is 7.03. The quantitative estimate of drug-likeness (QED) is 0.797. The lowest BCUT2D eigenvalue weighted by Crippen LogP contribution is -2.42. The van der Waals surface area contributed by atoms with E-state index in [1.807, 2.05) is 18.2 Å². The fourth-order valence-electron chi connectivity index (χ4n) is 2.75. The Balaban J connectivity index is 1.94. The van der Waals surface area contributed by atoms with Gasteiger partial charge < -0.3 is 4.90 Å². The maximum atomic E-state index is 12.3. The molecule has 0 radical (unpaired) electrons. The van der Waals surface area contributed by atoms with E-state index in [4.69, 9.17) is 0 Å². The van der Waals surface area contributed by atoms with Crippen molar-refractivity contribution in [3.63, 3.8) is 0 Å². The molecule has 2 atom stereocenters. The van der Waals surface area contributed by atoms with Gasteiger partial charge >= 0.3 is 0 Å². The number of amides is 1. The van der Waals surface area contributed by atoms with Crippen LogP contribution in [0.1, 0.15) is 51.0 Å². The van der Waals surface area contributed by atoms with Gasteiger partial charge in [-0.1, -0.05) is 37.3 Å². The van der Waals surface area contributed by atoms with Crippen molar-refractivity contribution in [2.24, 2.45) is 0 Å². The minimum Gasteiger partial charge on any atom is -0.340 e. The normalized spacial score (nSPS) is 21.7. The Labute approximate surface area is 110 Å². The maximum Gasteiger partial charge on any atom is 0.223 e. The summed E-state index contributed by atoms with van der Waals surface area (Å²) in [5.41, 5.74) is 1.26. The fourth-order valence-corrected chi connectivity index (χ4v) is 2.75. The first-order valence-corrected chi connectivity index (χ1v) is 7.03. The summed E-state index contributed by atoms with van der Waals surface area (Å²) in [5.74, 6) is 0.631. The molecule has 1 fully saturated rings. The largest absolute Gasteiger partial charge is 0.340 e. The van der Waals surface area contributed by atoms with Crippen LogP contribution < -0.4 is 0 Å². The number of hydrogen-bond acceptors (Lipinski definition) is 1. The first-order chi connectivity index (χ1) is 8.68. The molecule has 98 valence electrons. The zero-order chi connectivity index (χ0) is 13.0. The van der Waals surface area contributed by atoms with Crippen LogP contribution in [-0.4, -0.2) is 23.4 Å². The highest BCUT2D eigenvalue weighted by Crippen LogP contribution is 2.23. The molecule has 1 aliphatic heterocycles. The van der Waals surface area contributed by atoms with Gasteiger partial charge in [-0.3, -0.25) is 4.79 Å². The zero-order valence-corrected chi connectivity index (χ0v) is 11.4. The van der Waals surface area contributed by atoms with E-state index in [1.54, 1.807) is 0 Å². The van der Waals surface area contributed by atoms with Crippen LogP contribution in [0.15, 0.2) is 30.3 Å². The van der Waals surface area contributed by atoms with Gasteiger partial charge in [0.25, 0.3) is 0 Å². The third-order valence-electron chi connectivity index (χ3n) is 3.97. The minimum absolute atomic E-state index is 0.313. The van der Waals surface area contributed by atoms with Gasteiger partial charge in [-0.05, 0) is 37.7 Å². The molecule has 0 N–H and O–H groups in total. The first kappa shape index (κ1) is 13.1. The second kappa shape index (κ2) is 6.03. The van der Waals surface area contributed by atoms with E-state index in [-0.39, 0.29) is 0 Å². The van der Waals surface area contributed by atoms with Gasteiger partial charge in [0, 0.05) is 19.0 Å². The van der Waals surface area contributed by atoms with Crippen LogP contribution in [0.25, 0.3) is 0 Å². The van der Waals surface area contributed by atoms with Crippen molar-refractivity contribution in [1.82, 2.24) is 4.90 Å². The molecule has 2 unspecified atom stereocenters. The molecular weight excluding hydrogens is 222 g/mol. The number of hydrogen-bond donors (Lipinski definition) is 0. The van der Waals surface area contributed by atoms with Crippen molar-refractivity contribution in [1.29, 1.82) is 0 Å². The number of nitrogens with zero attached hydrogens (tertiary/aromatic N) is 1. The van der Waals surface area contributed by atoms with E-state index in [9.17, 15) is 4.79 Å². The second-order valence-corrected chi connectivity index (χ2v) is 5.45. The van der Waals surface area contributed by atoms with Crippen molar-refractivity contribution in [3.8, 4) is 0 Å². The summed E-state index contributed by atoms with van der Waals surface area (Å²) >= 11 is 0. The Morgan fingerprint density at radius 3 is 2.72 bits per heavy atom. The predicted molar refractivity (Wildman–Crippen MR) is 74.5 cm³/mol. The van der Waals surface area contributed by atoms with Gasteiger partial charge in [0.1, 0.15) is 0 Å². The van der Waals surface area contributed by atoms with E-state index in [0.29, 0.717) is 24.3 Å². The zero-order valence-electron chi connectivity index (χ0n) is 11.4. The Kier molecular flexibility index (Phi) is 4.40. The molecule has 0 bridgehead atoms. The number of carbonyl (C=O) groups excluding carboxylic acids is 1. The van der Waals surface area contributed by atoms with E-state index < -0.39 is 0 Å². The number of benzene rings is 1. The van der Waals surface area contributed by atoms with Crippen molar-refractivity contribution in [2.75, 3.05) is 6.54 Å². The molecule has 1 saturated heterocycles. The molecule has 2 heteroatoms. The maximum absolute atomic E-state index is 12.3. The van der Waals surface area contributed by atoms with Crippen molar-refractivity contribution in [2.45, 2.75) is 51.5 Å². The number of likely N-dealkylation sites (tertiary alicyclic amines) is 1. The lowest BCUT2D eigenvalue weighted by Gasteiger charge is -2.34. The highest BCUT2D eigenvalue weighted by molar-refractivity contribution is 5.77. The summed E-state index contributed by atoms with van der Waals surface area (Å²) in [4.78, 5) is 14.4. The van der Waals surface area contributed by atoms with E-state index >= 15 is 0 Å². The van der Waals surface area contributed by atoms with Crippen LogP contribution in [0.4, 0.5) is 0 Å². The average Bonchev–Trinajstić information content (AvgIpc) is 2.40. The highest BCUT2D eigenvalue weighted by atomic mass is 16.2. The number of carbonyl (C=O) groups is 1. The molecule has 1 aromatic rings. The van der Waals surface area contributed by atoms with Gasteiger partial charge in [0.05, 0.1) is 0 Å². The summed E-state index contributed by atoms with van der Waals surface area (Å²) in [6.45, 7) is 5.26. The summed E-state index contributed by atoms with van der Waals surface area (Å²) in [7, 11) is 0. The molecule has 1 heterocycles. The van der Waals surface area contributed by atoms with E-state index in [0.717, 1.165) is 19.4 Å². The van der Waals surface area contributed by atoms with Crippen LogP contribution in [0, 0.1) is 0 Å². The number of piperidine rings is 1. The Morgan fingerprint density at radius 2 is 2.06 bits per heavy atom. The average molecular weight is 245 g/mol. The molecule has 0 saturated carbocycles. The van der Waals surface area contributed by atoms with Gasteiger partial charge in [-0.2, -0.15) is 0 Å². The molecule has 1 aliphatic rings. The van der Waals surface area contributed by atoms with Gasteiger partial charge in [-0.25, -0.2) is 0 Å². The molecule has 0 aliphatic carbocycles. The minimum atomic E-state index is 0.313. The van der Waals surface area contributed by atoms with Crippen molar-refractivity contribution < 1.29 is 4.79 Å². The highest BCUT2D eigenvalue weighted by Gasteiger charge is 2.24. The van der Waals surface area contributed by atoms with Crippen LogP contribution >= 0.6 is 0 Å². The topological polar surface area (TPSA) is 20.3 Å². The number of rotatable bonds is 3. The van der Waals surface area contributed by atoms with Crippen LogP contribution in [0.3, 0.4) is 0 Å². The molecular formula is C16H23NO. The Hall–Kier alpha value is -1.31. The van der Waals surface area contributed by atoms with Gasteiger partial charge in [-0.15, -0.1) is 0 Å². The van der Waals surface area contributed by atoms with E-state index in [1.165, 1.54) is 12.0 Å². The standard InChI is InChI=1S/C16H23NO/c1-13(15-9-4-3-5-10-15)12-16(18)17-11-7-6-8-14(17)2/h3-5,9-10,13-14H,6-8,11-12H2,1-2H3. The molecule has 2 nitrogen and oxygen atoms in total. The summed E-state index contributed by atoms with van der Waals surface area (Å²) in [5, 5.41) is 0. The third-order valence-corrected chi connectivity index (χ3v) is 3.97. The van der Waals surface area contributed by atoms with Crippen molar-refractivity contribution >= 4 is 5.91 Å². The van der Waals surface area contributed by atoms with Crippen LogP contribution in [0.2, 0.25) is 0 Å². The molecule has 2 rings (SSSR count). The SMILES string of the molecule is CC(CC(=O)N1CCCCC1C)c1ccccc1. The van der Waals surface area contributed by atoms with Crippen molar-refractivity contribution in [3.05, 3.63) is 35.9 Å². The van der Waals surface area contributed by atoms with E-state index in [2.05, 4.69) is 30.9 Å². The lowest BCUT2D eigenvalue weighted by molar-refractivity contribution is -0.134. The van der Waals surface area contributed by atoms with Gasteiger partial charge in [0.2, 0.25) is 5.91 Å². The fraction of sp³-hybridized carbons (Fsp3) is 0.562. The monoisotopic (exact) mass is 245 g/mol. The summed E-state index contributed by atoms with van der Waals surface area (Å²) in [6, 6.07) is 10.7. The van der Waals surface area contributed by atoms with Gasteiger partial charge in [0.15, 0.2) is 0 Å². The lowest BCUT2D eigenvalue weighted by atomic mass is 9.95. The Bertz CT molecular complexity index is 387. The van der Waals surface area contributed by atoms with Crippen LogP contribution in [-0.2, 0) is 4.79 Å².